The van der Waals surface area contributed by atoms with E-state index in [0.29, 0.717) is 18.0 Å². The summed E-state index contributed by atoms with van der Waals surface area (Å²) in [6, 6.07) is 15.8. The summed E-state index contributed by atoms with van der Waals surface area (Å²) in [5, 5.41) is 5.20. The molecule has 0 atom stereocenters. The Hall–Kier alpha value is -4.00. The van der Waals surface area contributed by atoms with Crippen LogP contribution in [-0.4, -0.2) is 42.6 Å². The monoisotopic (exact) mass is 670 g/mol. The highest BCUT2D eigenvalue weighted by Gasteiger charge is 2.24. The third kappa shape index (κ3) is 7.15. The Morgan fingerprint density at radius 2 is 1.79 bits per heavy atom. The van der Waals surface area contributed by atoms with Gasteiger partial charge in [-0.2, -0.15) is 9.49 Å². The molecule has 0 aliphatic carbocycles. The smallest absolute Gasteiger partial charge is 0.214 e. The Balaban J connectivity index is 0.000000996. The molecule has 5 rings (SSSR count). The molecule has 2 heterocycles. The largest absolute Gasteiger partial charge is 0.494 e. The maximum absolute atomic E-state index is 14.1. The van der Waals surface area contributed by atoms with Gasteiger partial charge in [0.1, 0.15) is 29.7 Å². The van der Waals surface area contributed by atoms with Gasteiger partial charge in [0.25, 0.3) is 0 Å². The van der Waals surface area contributed by atoms with Crippen molar-refractivity contribution in [2.45, 2.75) is 33.3 Å². The van der Waals surface area contributed by atoms with Gasteiger partial charge in [0.2, 0.25) is 11.6 Å². The molecule has 0 amide bonds. The number of ketones is 1. The van der Waals surface area contributed by atoms with E-state index in [9.17, 15) is 13.6 Å². The molecule has 43 heavy (non-hydrogen) atoms. The van der Waals surface area contributed by atoms with Crippen molar-refractivity contribution in [1.29, 1.82) is 0 Å². The van der Waals surface area contributed by atoms with E-state index in [4.69, 9.17) is 19.9 Å². The zero-order valence-electron chi connectivity index (χ0n) is 24.5. The summed E-state index contributed by atoms with van der Waals surface area (Å²) < 4.78 is 48.3. The van der Waals surface area contributed by atoms with Gasteiger partial charge in [0.05, 0.1) is 30.1 Å². The second kappa shape index (κ2) is 14.0. The minimum absolute atomic E-state index is 0.0949. The second-order valence-electron chi connectivity index (χ2n) is 10.2. The van der Waals surface area contributed by atoms with E-state index in [-0.39, 0.29) is 49.9 Å². The van der Waals surface area contributed by atoms with E-state index in [1.807, 2.05) is 25.1 Å². The van der Waals surface area contributed by atoms with Gasteiger partial charge in [-0.1, -0.05) is 41.6 Å². The molecule has 0 unspecified atom stereocenters. The lowest BCUT2D eigenvalue weighted by molar-refractivity contribution is 0.0847. The summed E-state index contributed by atoms with van der Waals surface area (Å²) in [4.78, 5) is 13.7. The molecule has 0 fully saturated rings. The number of fused-ring (bicyclic) bond motifs is 1. The predicted octanol–water partition coefficient (Wildman–Crippen LogP) is 7.58. The fourth-order valence-corrected chi connectivity index (χ4v) is 4.58. The highest BCUT2D eigenvalue weighted by atomic mass is 79.9. The molecular formula is C31H33BrF2N4O4Si. The van der Waals surface area contributed by atoms with Crippen LogP contribution in [0, 0.1) is 11.6 Å². The minimum atomic E-state index is -1.10. The molecule has 0 saturated carbocycles. The van der Waals surface area contributed by atoms with E-state index < -0.39 is 11.6 Å². The van der Waals surface area contributed by atoms with Crippen LogP contribution in [0.5, 0.6) is 17.2 Å². The van der Waals surface area contributed by atoms with Crippen LogP contribution in [0.25, 0.3) is 16.6 Å². The number of hydrogen-bond donors (Lipinski definition) is 1. The van der Waals surface area contributed by atoms with Crippen molar-refractivity contribution in [3.8, 4) is 22.9 Å². The van der Waals surface area contributed by atoms with Gasteiger partial charge in [-0.15, -0.1) is 0 Å². The number of methoxy groups -OCH3 is 1. The fraction of sp³-hybridized carbons (Fsp3) is 0.226. The third-order valence-corrected chi connectivity index (χ3v) is 6.59. The molecule has 3 aromatic carbocycles. The molecule has 12 heteroatoms. The zero-order valence-corrected chi connectivity index (χ0v) is 27.3. The Kier molecular flexibility index (Phi) is 10.4. The number of nitrogens with zero attached hydrogens (tertiary/aromatic N) is 3. The fourth-order valence-electron chi connectivity index (χ4n) is 4.20. The first-order valence-corrected chi connectivity index (χ1v) is 17.9. The van der Waals surface area contributed by atoms with Crippen LogP contribution in [-0.2, 0) is 11.5 Å². The first-order valence-electron chi connectivity index (χ1n) is 13.6. The lowest BCUT2D eigenvalue weighted by Crippen LogP contribution is -2.13. The van der Waals surface area contributed by atoms with Gasteiger partial charge in [-0.3, -0.25) is 4.79 Å². The maximum Gasteiger partial charge on any atom is 0.214 e. The summed E-state index contributed by atoms with van der Waals surface area (Å²) in [5.74, 6) is -2.14. The number of ether oxygens (including phenoxy) is 3. The molecule has 226 valence electrons. The van der Waals surface area contributed by atoms with E-state index in [1.54, 1.807) is 16.7 Å². The number of halogens is 3. The molecule has 0 spiro atoms. The predicted molar refractivity (Wildman–Crippen MR) is 170 cm³/mol. The number of rotatable bonds is 9. The van der Waals surface area contributed by atoms with Crippen LogP contribution in [0.3, 0.4) is 0 Å². The number of nitrogen functional groups attached to an aromatic ring is 1. The summed E-state index contributed by atoms with van der Waals surface area (Å²) in [7, 11) is 1.29. The van der Waals surface area contributed by atoms with Crippen molar-refractivity contribution in [2.75, 3.05) is 19.5 Å². The second-order valence-corrected chi connectivity index (χ2v) is 14.6. The van der Waals surface area contributed by atoms with Crippen molar-refractivity contribution < 1.29 is 27.8 Å². The van der Waals surface area contributed by atoms with Crippen LogP contribution in [0.15, 0.2) is 71.3 Å². The van der Waals surface area contributed by atoms with Gasteiger partial charge in [0, 0.05) is 31.3 Å². The van der Waals surface area contributed by atoms with Crippen LogP contribution >= 0.6 is 15.9 Å². The Morgan fingerprint density at radius 3 is 2.49 bits per heavy atom. The van der Waals surface area contributed by atoms with Crippen molar-refractivity contribution in [3.63, 3.8) is 0 Å². The molecule has 2 aromatic heterocycles. The topological polar surface area (TPSA) is 93.5 Å². The van der Waals surface area contributed by atoms with Gasteiger partial charge in [-0.25, -0.2) is 9.07 Å². The van der Waals surface area contributed by atoms with Gasteiger partial charge >= 0.3 is 0 Å². The number of carbonyl (C=O) groups excluding carboxylic acids is 1. The SMILES string of the molecule is CCOCn1c(C(=O)c2cnn(-c3ccc(Oc4cccc(F)c4F)cc3OC)c2N)cc2cc(Br)ccc21.C[SiH](C)C. The molecule has 5 aromatic rings. The average Bonchev–Trinajstić information content (AvgIpc) is 3.53. The highest BCUT2D eigenvalue weighted by molar-refractivity contribution is 9.10. The molecule has 2 N–H and O–H groups in total. The summed E-state index contributed by atoms with van der Waals surface area (Å²) >= 11 is 3.47. The highest BCUT2D eigenvalue weighted by Crippen LogP contribution is 2.34. The van der Waals surface area contributed by atoms with Gasteiger partial charge < -0.3 is 24.5 Å². The van der Waals surface area contributed by atoms with Crippen LogP contribution in [0.2, 0.25) is 19.6 Å². The third-order valence-electron chi connectivity index (χ3n) is 6.09. The van der Waals surface area contributed by atoms with Gasteiger partial charge in [-0.05, 0) is 55.5 Å². The number of aromatic nitrogens is 3. The zero-order chi connectivity index (χ0) is 31.3. The molecule has 0 saturated heterocycles. The molecule has 8 nitrogen and oxygen atoms in total. The quantitative estimate of drug-likeness (QED) is 0.128. The summed E-state index contributed by atoms with van der Waals surface area (Å²) in [6.45, 7) is 9.47. The molecule has 0 radical (unpaired) electrons. The lowest BCUT2D eigenvalue weighted by atomic mass is 10.1. The first kappa shape index (κ1) is 31.9. The lowest BCUT2D eigenvalue weighted by Gasteiger charge is -2.13. The van der Waals surface area contributed by atoms with E-state index in [1.165, 1.54) is 42.3 Å². The molecule has 0 aliphatic heterocycles. The maximum atomic E-state index is 14.1. The standard InChI is InChI=1S/C28H23BrF2N4O4.C3H10Si/c1-3-38-15-34-21-9-7-17(29)11-16(21)12-23(34)27(36)19-14-33-35(28(19)32)22-10-8-18(13-25(22)37-2)39-24-6-4-5-20(30)26(24)31;1-4(2)3/h4-14H,3,15,32H2,1-2H3;4H,1-3H3. The van der Waals surface area contributed by atoms with Crippen LogP contribution in [0.4, 0.5) is 14.6 Å². The molecular weight excluding hydrogens is 638 g/mol. The number of benzene rings is 3. The van der Waals surface area contributed by atoms with Crippen LogP contribution in [0.1, 0.15) is 23.0 Å². The number of carbonyl (C=O) groups is 1. The number of nitrogens with two attached hydrogens (primary N) is 1. The minimum Gasteiger partial charge on any atom is -0.494 e. The number of hydrogen-bond acceptors (Lipinski definition) is 6. The summed E-state index contributed by atoms with van der Waals surface area (Å²) in [6.07, 6.45) is 1.39. The van der Waals surface area contributed by atoms with E-state index >= 15 is 0 Å². The van der Waals surface area contributed by atoms with Crippen molar-refractivity contribution in [3.05, 3.63) is 94.2 Å². The Bertz CT molecular complexity index is 1750. The Labute approximate surface area is 258 Å². The van der Waals surface area contributed by atoms with Crippen molar-refractivity contribution in [1.82, 2.24) is 14.3 Å². The first-order chi connectivity index (χ1) is 20.5. The Morgan fingerprint density at radius 1 is 1.05 bits per heavy atom. The van der Waals surface area contributed by atoms with Gasteiger partial charge in [0.15, 0.2) is 11.6 Å². The normalized spacial score (nSPS) is 11.0. The van der Waals surface area contributed by atoms with Crippen molar-refractivity contribution >= 4 is 47.2 Å². The summed E-state index contributed by atoms with van der Waals surface area (Å²) in [5.41, 5.74) is 8.27. The average molecular weight is 672 g/mol. The van der Waals surface area contributed by atoms with E-state index in [0.717, 1.165) is 21.4 Å². The van der Waals surface area contributed by atoms with E-state index in [2.05, 4.69) is 40.7 Å². The molecule has 0 bridgehead atoms. The molecule has 0 aliphatic rings. The van der Waals surface area contributed by atoms with Crippen LogP contribution < -0.4 is 15.2 Å². The van der Waals surface area contributed by atoms with Crippen molar-refractivity contribution in [2.24, 2.45) is 0 Å². The number of anilines is 1.